The van der Waals surface area contributed by atoms with Gasteiger partial charge >= 0.3 is 5.97 Å². The number of carbonyl (C=O) groups excluding carboxylic acids is 1. The highest BCUT2D eigenvalue weighted by molar-refractivity contribution is 6.03. The minimum absolute atomic E-state index is 0.133. The first kappa shape index (κ1) is 17.7. The molecule has 1 amide bonds. The number of benzene rings is 3. The van der Waals surface area contributed by atoms with Crippen LogP contribution < -0.4 is 4.90 Å². The van der Waals surface area contributed by atoms with Gasteiger partial charge in [0.15, 0.2) is 0 Å². The molecule has 4 heteroatoms. The maximum Gasteiger partial charge on any atom is 0.308 e. The molecular formula is C22H21NO3. The van der Waals surface area contributed by atoms with Crippen LogP contribution in [0.25, 0.3) is 10.8 Å². The maximum atomic E-state index is 12.3. The number of anilines is 1. The Morgan fingerprint density at radius 1 is 0.923 bits per heavy atom. The molecule has 0 spiro atoms. The number of nitrogens with zero attached hydrogens (tertiary/aromatic N) is 1. The van der Waals surface area contributed by atoms with Crippen molar-refractivity contribution in [3.8, 4) is 0 Å². The zero-order chi connectivity index (χ0) is 18.5. The summed E-state index contributed by atoms with van der Waals surface area (Å²) in [6, 6.07) is 23.0. The van der Waals surface area contributed by atoms with Crippen molar-refractivity contribution in [2.24, 2.45) is 5.92 Å². The van der Waals surface area contributed by atoms with E-state index in [0.29, 0.717) is 6.42 Å². The number of rotatable bonds is 6. The van der Waals surface area contributed by atoms with Gasteiger partial charge in [0, 0.05) is 18.9 Å². The van der Waals surface area contributed by atoms with E-state index in [2.05, 4.69) is 0 Å². The Balaban J connectivity index is 1.94. The van der Waals surface area contributed by atoms with Crippen LogP contribution in [-0.2, 0) is 16.0 Å². The molecule has 0 aliphatic carbocycles. The average Bonchev–Trinajstić information content (AvgIpc) is 2.65. The van der Waals surface area contributed by atoms with E-state index in [1.807, 2.05) is 72.8 Å². The van der Waals surface area contributed by atoms with Gasteiger partial charge in [-0.3, -0.25) is 9.59 Å². The molecule has 0 saturated carbocycles. The van der Waals surface area contributed by atoms with E-state index >= 15 is 0 Å². The second-order valence-electron chi connectivity index (χ2n) is 6.35. The zero-order valence-corrected chi connectivity index (χ0v) is 14.6. The van der Waals surface area contributed by atoms with E-state index in [1.54, 1.807) is 4.90 Å². The number of carboxylic acids is 1. The lowest BCUT2D eigenvalue weighted by Crippen LogP contribution is -2.37. The van der Waals surface area contributed by atoms with Crippen LogP contribution >= 0.6 is 0 Å². The summed E-state index contributed by atoms with van der Waals surface area (Å²) >= 11 is 0. The van der Waals surface area contributed by atoms with Crippen LogP contribution in [0.5, 0.6) is 0 Å². The van der Waals surface area contributed by atoms with Crippen LogP contribution in [-0.4, -0.2) is 23.5 Å². The fourth-order valence-electron chi connectivity index (χ4n) is 3.19. The van der Waals surface area contributed by atoms with Crippen LogP contribution in [0.4, 0.5) is 5.69 Å². The van der Waals surface area contributed by atoms with Crippen molar-refractivity contribution in [3.63, 3.8) is 0 Å². The van der Waals surface area contributed by atoms with Gasteiger partial charge in [-0.2, -0.15) is 0 Å². The number of carboxylic acid groups (broad SMARTS) is 1. The molecule has 0 aliphatic rings. The average molecular weight is 347 g/mol. The summed E-state index contributed by atoms with van der Waals surface area (Å²) < 4.78 is 0. The second kappa shape index (κ2) is 7.83. The van der Waals surface area contributed by atoms with Gasteiger partial charge in [-0.05, 0) is 23.4 Å². The predicted molar refractivity (Wildman–Crippen MR) is 103 cm³/mol. The second-order valence-corrected chi connectivity index (χ2v) is 6.35. The number of hydrogen-bond donors (Lipinski definition) is 1. The Morgan fingerprint density at radius 3 is 2.27 bits per heavy atom. The third-order valence-corrected chi connectivity index (χ3v) is 4.51. The number of fused-ring (bicyclic) bond motifs is 1. The molecule has 3 aromatic rings. The highest BCUT2D eigenvalue weighted by Gasteiger charge is 2.25. The van der Waals surface area contributed by atoms with E-state index in [9.17, 15) is 14.7 Å². The topological polar surface area (TPSA) is 57.6 Å². The van der Waals surface area contributed by atoms with Gasteiger partial charge in [0.1, 0.15) is 0 Å². The summed E-state index contributed by atoms with van der Waals surface area (Å²) in [6.07, 6.45) is 0.380. The maximum absolute atomic E-state index is 12.3. The molecule has 1 N–H and O–H groups in total. The smallest absolute Gasteiger partial charge is 0.308 e. The van der Waals surface area contributed by atoms with Gasteiger partial charge in [0.2, 0.25) is 5.91 Å². The Labute approximate surface area is 152 Å². The largest absolute Gasteiger partial charge is 0.481 e. The molecule has 1 unspecified atom stereocenters. The summed E-state index contributed by atoms with van der Waals surface area (Å²) in [5, 5.41) is 11.6. The first-order chi connectivity index (χ1) is 12.6. The minimum atomic E-state index is -0.902. The molecule has 0 aliphatic heterocycles. The molecule has 1 atom stereocenters. The Bertz CT molecular complexity index is 916. The molecule has 4 nitrogen and oxygen atoms in total. The van der Waals surface area contributed by atoms with Gasteiger partial charge in [-0.25, -0.2) is 0 Å². The summed E-state index contributed by atoms with van der Waals surface area (Å²) in [4.78, 5) is 25.7. The molecule has 0 saturated heterocycles. The molecule has 0 heterocycles. The molecule has 132 valence electrons. The van der Waals surface area contributed by atoms with Crippen LogP contribution in [0.1, 0.15) is 12.5 Å². The van der Waals surface area contributed by atoms with Gasteiger partial charge in [0.05, 0.1) is 11.6 Å². The molecule has 0 aromatic heterocycles. The van der Waals surface area contributed by atoms with E-state index in [1.165, 1.54) is 6.92 Å². The molecule has 0 radical (unpaired) electrons. The highest BCUT2D eigenvalue weighted by Crippen LogP contribution is 2.28. The zero-order valence-electron chi connectivity index (χ0n) is 14.6. The fourth-order valence-corrected chi connectivity index (χ4v) is 3.19. The molecule has 3 aromatic carbocycles. The van der Waals surface area contributed by atoms with E-state index < -0.39 is 11.9 Å². The standard InChI is InChI=1S/C22H21NO3/c1-16(24)23(21-13-7-11-18-10-5-6-12-20(18)21)15-19(22(25)26)14-17-8-3-2-4-9-17/h2-13,19H,14-15H2,1H3,(H,25,26). The summed E-state index contributed by atoms with van der Waals surface area (Å²) in [7, 11) is 0. The quantitative estimate of drug-likeness (QED) is 0.729. The summed E-state index contributed by atoms with van der Waals surface area (Å²) in [6.45, 7) is 1.61. The SMILES string of the molecule is CC(=O)N(CC(Cc1ccccc1)C(=O)O)c1cccc2ccccc12. The molecular weight excluding hydrogens is 326 g/mol. The summed E-state index contributed by atoms with van der Waals surface area (Å²) in [5.74, 6) is -1.75. The van der Waals surface area contributed by atoms with Crippen molar-refractivity contribution in [3.05, 3.63) is 78.4 Å². The van der Waals surface area contributed by atoms with Gasteiger partial charge in [0.25, 0.3) is 0 Å². The third-order valence-electron chi connectivity index (χ3n) is 4.51. The minimum Gasteiger partial charge on any atom is -0.481 e. The van der Waals surface area contributed by atoms with Crippen molar-refractivity contribution < 1.29 is 14.7 Å². The lowest BCUT2D eigenvalue weighted by atomic mass is 9.98. The van der Waals surface area contributed by atoms with E-state index in [0.717, 1.165) is 22.0 Å². The molecule has 0 fully saturated rings. The lowest BCUT2D eigenvalue weighted by Gasteiger charge is -2.26. The van der Waals surface area contributed by atoms with Crippen molar-refractivity contribution in [1.82, 2.24) is 0 Å². The molecule has 26 heavy (non-hydrogen) atoms. The number of aliphatic carboxylic acids is 1. The van der Waals surface area contributed by atoms with Gasteiger partial charge < -0.3 is 10.0 Å². The molecule has 3 rings (SSSR count). The van der Waals surface area contributed by atoms with E-state index in [-0.39, 0.29) is 12.5 Å². The third kappa shape index (κ3) is 3.91. The summed E-state index contributed by atoms with van der Waals surface area (Å²) in [5.41, 5.74) is 1.69. The highest BCUT2D eigenvalue weighted by atomic mass is 16.4. The van der Waals surface area contributed by atoms with Crippen molar-refractivity contribution in [2.75, 3.05) is 11.4 Å². The van der Waals surface area contributed by atoms with Crippen molar-refractivity contribution >= 4 is 28.3 Å². The molecule has 0 bridgehead atoms. The van der Waals surface area contributed by atoms with Gasteiger partial charge in [-0.1, -0.05) is 66.7 Å². The predicted octanol–water partition coefficient (Wildman–Crippen LogP) is 4.14. The first-order valence-corrected chi connectivity index (χ1v) is 8.59. The van der Waals surface area contributed by atoms with Crippen LogP contribution in [0.15, 0.2) is 72.8 Å². The van der Waals surface area contributed by atoms with Gasteiger partial charge in [-0.15, -0.1) is 0 Å². The number of amides is 1. The van der Waals surface area contributed by atoms with Crippen LogP contribution in [0.3, 0.4) is 0 Å². The lowest BCUT2D eigenvalue weighted by molar-refractivity contribution is -0.141. The number of carbonyl (C=O) groups is 2. The van der Waals surface area contributed by atoms with Crippen molar-refractivity contribution in [2.45, 2.75) is 13.3 Å². The van der Waals surface area contributed by atoms with Crippen LogP contribution in [0.2, 0.25) is 0 Å². The Morgan fingerprint density at radius 2 is 1.58 bits per heavy atom. The Hall–Kier alpha value is -3.14. The Kier molecular flexibility index (Phi) is 5.32. The number of hydrogen-bond acceptors (Lipinski definition) is 2. The van der Waals surface area contributed by atoms with Crippen molar-refractivity contribution in [1.29, 1.82) is 0 Å². The van der Waals surface area contributed by atoms with Crippen LogP contribution in [0, 0.1) is 5.92 Å². The van der Waals surface area contributed by atoms with E-state index in [4.69, 9.17) is 0 Å². The monoisotopic (exact) mass is 347 g/mol. The first-order valence-electron chi connectivity index (χ1n) is 8.59. The fraction of sp³-hybridized carbons (Fsp3) is 0.182. The normalized spacial score (nSPS) is 11.9.